The SMILES string of the molecule is OC[C@@H]1N[C@H](CCCCCCOCC23CC4CC(CC(C4)C2)C3)[C@H](O)[C@@H](O)[C@@H]1O. The Hall–Kier alpha value is -0.240. The molecule has 29 heavy (non-hydrogen) atoms. The summed E-state index contributed by atoms with van der Waals surface area (Å²) in [5.41, 5.74) is 0.506. The molecule has 168 valence electrons. The third-order valence-corrected chi connectivity index (χ3v) is 8.28. The molecule has 6 nitrogen and oxygen atoms in total. The zero-order chi connectivity index (χ0) is 20.4. The van der Waals surface area contributed by atoms with Crippen LogP contribution in [0.15, 0.2) is 0 Å². The van der Waals surface area contributed by atoms with Crippen LogP contribution >= 0.6 is 0 Å². The maximum Gasteiger partial charge on any atom is 0.109 e. The minimum atomic E-state index is -1.20. The van der Waals surface area contributed by atoms with Crippen molar-refractivity contribution in [3.63, 3.8) is 0 Å². The number of hydrogen-bond acceptors (Lipinski definition) is 6. The van der Waals surface area contributed by atoms with E-state index in [4.69, 9.17) is 4.74 Å². The Balaban J connectivity index is 1.07. The molecular formula is C23H41NO5. The molecular weight excluding hydrogens is 370 g/mol. The molecule has 0 amide bonds. The number of unbranched alkanes of at least 4 members (excludes halogenated alkanes) is 3. The lowest BCUT2D eigenvalue weighted by atomic mass is 9.50. The molecule has 4 saturated carbocycles. The molecule has 0 aromatic carbocycles. The molecule has 0 unspecified atom stereocenters. The summed E-state index contributed by atoms with van der Waals surface area (Å²) in [6, 6.07) is -0.853. The Morgan fingerprint density at radius 1 is 0.759 bits per heavy atom. The summed E-state index contributed by atoms with van der Waals surface area (Å²) >= 11 is 0. The summed E-state index contributed by atoms with van der Waals surface area (Å²) in [7, 11) is 0. The highest BCUT2D eigenvalue weighted by atomic mass is 16.5. The Kier molecular flexibility index (Phi) is 7.19. The van der Waals surface area contributed by atoms with Gasteiger partial charge in [0.1, 0.15) is 6.10 Å². The number of piperidine rings is 1. The maximum atomic E-state index is 10.1. The van der Waals surface area contributed by atoms with Gasteiger partial charge in [-0.2, -0.15) is 0 Å². The third kappa shape index (κ3) is 4.99. The number of aliphatic hydroxyl groups excluding tert-OH is 4. The third-order valence-electron chi connectivity index (χ3n) is 8.28. The largest absolute Gasteiger partial charge is 0.395 e. The van der Waals surface area contributed by atoms with Gasteiger partial charge in [-0.3, -0.25) is 0 Å². The summed E-state index contributed by atoms with van der Waals surface area (Å²) < 4.78 is 6.15. The molecule has 5 fully saturated rings. The summed E-state index contributed by atoms with van der Waals surface area (Å²) in [5, 5.41) is 42.3. The van der Waals surface area contributed by atoms with Crippen LogP contribution in [0.25, 0.3) is 0 Å². The van der Waals surface area contributed by atoms with E-state index in [-0.39, 0.29) is 12.6 Å². The Morgan fingerprint density at radius 3 is 1.97 bits per heavy atom. The van der Waals surface area contributed by atoms with Crippen molar-refractivity contribution in [1.29, 1.82) is 0 Å². The highest BCUT2D eigenvalue weighted by molar-refractivity contribution is 5.01. The van der Waals surface area contributed by atoms with Gasteiger partial charge in [0.15, 0.2) is 0 Å². The first-order chi connectivity index (χ1) is 14.0. The average Bonchev–Trinajstić information content (AvgIpc) is 2.68. The fourth-order valence-corrected chi connectivity index (χ4v) is 7.24. The van der Waals surface area contributed by atoms with Crippen molar-refractivity contribution in [2.45, 2.75) is 101 Å². The van der Waals surface area contributed by atoms with E-state index in [0.717, 1.165) is 63.1 Å². The van der Waals surface area contributed by atoms with Crippen LogP contribution in [-0.4, -0.2) is 70.6 Å². The molecule has 4 bridgehead atoms. The number of ether oxygens (including phenoxy) is 1. The van der Waals surface area contributed by atoms with Crippen molar-refractivity contribution in [1.82, 2.24) is 5.32 Å². The van der Waals surface area contributed by atoms with Crippen LogP contribution in [0.2, 0.25) is 0 Å². The quantitative estimate of drug-likeness (QED) is 0.350. The van der Waals surface area contributed by atoms with Crippen LogP contribution in [0.5, 0.6) is 0 Å². The first kappa shape index (κ1) is 22.0. The smallest absolute Gasteiger partial charge is 0.109 e. The highest BCUT2D eigenvalue weighted by Gasteiger charge is 2.50. The van der Waals surface area contributed by atoms with Gasteiger partial charge in [-0.05, 0) is 74.5 Å². The van der Waals surface area contributed by atoms with E-state index in [0.29, 0.717) is 5.41 Å². The number of hydrogen-bond donors (Lipinski definition) is 5. The van der Waals surface area contributed by atoms with E-state index in [1.54, 1.807) is 0 Å². The molecule has 5 aliphatic rings. The van der Waals surface area contributed by atoms with E-state index >= 15 is 0 Å². The van der Waals surface area contributed by atoms with Crippen LogP contribution < -0.4 is 5.32 Å². The minimum absolute atomic E-state index is 0.248. The van der Waals surface area contributed by atoms with Gasteiger partial charge in [0.25, 0.3) is 0 Å². The minimum Gasteiger partial charge on any atom is -0.395 e. The number of rotatable bonds is 10. The first-order valence-electron chi connectivity index (χ1n) is 12.0. The summed E-state index contributed by atoms with van der Waals surface area (Å²) in [6.07, 6.45) is 10.3. The van der Waals surface area contributed by atoms with Gasteiger partial charge < -0.3 is 30.5 Å². The van der Waals surface area contributed by atoms with E-state index in [1.165, 1.54) is 38.5 Å². The topological polar surface area (TPSA) is 102 Å². The van der Waals surface area contributed by atoms with E-state index in [2.05, 4.69) is 5.32 Å². The van der Waals surface area contributed by atoms with Crippen LogP contribution in [0.3, 0.4) is 0 Å². The second-order valence-corrected chi connectivity index (χ2v) is 10.7. The lowest BCUT2D eigenvalue weighted by Crippen LogP contribution is -2.65. The Morgan fingerprint density at radius 2 is 1.34 bits per heavy atom. The molecule has 0 aromatic rings. The molecule has 5 N–H and O–H groups in total. The number of aliphatic hydroxyl groups is 4. The molecule has 6 heteroatoms. The molecule has 5 atom stereocenters. The van der Waals surface area contributed by atoms with E-state index < -0.39 is 24.4 Å². The lowest BCUT2D eigenvalue weighted by Gasteiger charge is -2.56. The fraction of sp³-hybridized carbons (Fsp3) is 1.00. The van der Waals surface area contributed by atoms with Gasteiger partial charge >= 0.3 is 0 Å². The molecule has 0 spiro atoms. The zero-order valence-electron chi connectivity index (χ0n) is 17.7. The first-order valence-corrected chi connectivity index (χ1v) is 12.0. The van der Waals surface area contributed by atoms with Gasteiger partial charge in [0, 0.05) is 12.6 Å². The Labute approximate surface area is 175 Å². The highest BCUT2D eigenvalue weighted by Crippen LogP contribution is 2.60. The van der Waals surface area contributed by atoms with Crippen molar-refractivity contribution >= 4 is 0 Å². The predicted molar refractivity (Wildman–Crippen MR) is 110 cm³/mol. The van der Waals surface area contributed by atoms with Crippen LogP contribution in [0, 0.1) is 23.2 Å². The summed E-state index contributed by atoms with van der Waals surface area (Å²) in [5.74, 6) is 2.95. The molecule has 0 radical (unpaired) electrons. The van der Waals surface area contributed by atoms with Crippen molar-refractivity contribution < 1.29 is 25.2 Å². The molecule has 4 aliphatic carbocycles. The number of nitrogens with one attached hydrogen (secondary N) is 1. The Bertz CT molecular complexity index is 492. The fourth-order valence-electron chi connectivity index (χ4n) is 7.24. The second-order valence-electron chi connectivity index (χ2n) is 10.7. The zero-order valence-corrected chi connectivity index (χ0v) is 17.7. The van der Waals surface area contributed by atoms with Crippen LogP contribution in [0.4, 0.5) is 0 Å². The average molecular weight is 412 g/mol. The molecule has 1 heterocycles. The van der Waals surface area contributed by atoms with E-state index in [1.807, 2.05) is 0 Å². The van der Waals surface area contributed by atoms with Gasteiger partial charge in [0.05, 0.1) is 31.5 Å². The van der Waals surface area contributed by atoms with Gasteiger partial charge in [-0.25, -0.2) is 0 Å². The lowest BCUT2D eigenvalue weighted by molar-refractivity contribution is -0.120. The van der Waals surface area contributed by atoms with Crippen molar-refractivity contribution in [2.24, 2.45) is 23.2 Å². The molecule has 1 aliphatic heterocycles. The normalized spacial score (nSPS) is 46.3. The second kappa shape index (κ2) is 9.49. The monoisotopic (exact) mass is 411 g/mol. The van der Waals surface area contributed by atoms with Crippen molar-refractivity contribution in [3.8, 4) is 0 Å². The van der Waals surface area contributed by atoms with Crippen LogP contribution in [-0.2, 0) is 4.74 Å². The van der Waals surface area contributed by atoms with Gasteiger partial charge in [0.2, 0.25) is 0 Å². The van der Waals surface area contributed by atoms with Gasteiger partial charge in [-0.15, -0.1) is 0 Å². The predicted octanol–water partition coefficient (Wildman–Crippen LogP) is 1.59. The molecule has 1 saturated heterocycles. The molecule has 5 rings (SSSR count). The van der Waals surface area contributed by atoms with Crippen LogP contribution in [0.1, 0.15) is 70.6 Å². The summed E-state index contributed by atoms with van der Waals surface area (Å²) in [4.78, 5) is 0. The van der Waals surface area contributed by atoms with Crippen molar-refractivity contribution in [2.75, 3.05) is 19.8 Å². The maximum absolute atomic E-state index is 10.1. The molecule has 0 aromatic heterocycles. The summed E-state index contributed by atoms with van der Waals surface area (Å²) in [6.45, 7) is 1.57. The van der Waals surface area contributed by atoms with Gasteiger partial charge in [-0.1, -0.05) is 19.3 Å². The standard InChI is InChI=1S/C23H41NO5/c25-13-19-21(27)22(28)20(26)18(24-19)5-3-1-2-4-6-29-14-23-10-15-7-16(11-23)9-17(8-15)12-23/h15-22,24-28H,1-14H2/t15?,16?,17?,18-,19+,20+,21-,22-,23?/m1/s1. The van der Waals surface area contributed by atoms with E-state index in [9.17, 15) is 20.4 Å². The van der Waals surface area contributed by atoms with Crippen molar-refractivity contribution in [3.05, 3.63) is 0 Å².